The Morgan fingerprint density at radius 3 is 2.76 bits per heavy atom. The molecule has 1 heterocycles. The Bertz CT molecular complexity index is 403. The lowest BCUT2D eigenvalue weighted by Crippen LogP contribution is -2.48. The fraction of sp³-hybridized carbons (Fsp3) is 0.571. The molecule has 0 radical (unpaired) electrons. The van der Waals surface area contributed by atoms with Gasteiger partial charge in [-0.1, -0.05) is 22.0 Å². The zero-order chi connectivity index (χ0) is 12.5. The highest BCUT2D eigenvalue weighted by atomic mass is 79.9. The van der Waals surface area contributed by atoms with Gasteiger partial charge in [-0.2, -0.15) is 0 Å². The fourth-order valence-electron chi connectivity index (χ4n) is 2.26. The zero-order valence-electron chi connectivity index (χ0n) is 10.8. The molecule has 1 aromatic rings. The lowest BCUT2D eigenvalue weighted by Gasteiger charge is -2.39. The number of alkyl halides is 1. The van der Waals surface area contributed by atoms with Gasteiger partial charge in [-0.05, 0) is 44.0 Å². The minimum absolute atomic E-state index is 0.0414. The van der Waals surface area contributed by atoms with Crippen molar-refractivity contribution in [1.82, 2.24) is 0 Å². The molecular weight excluding hydrogens is 278 g/mol. The van der Waals surface area contributed by atoms with Crippen LogP contribution in [0.25, 0.3) is 0 Å². The Balaban J connectivity index is 2.19. The quantitative estimate of drug-likeness (QED) is 0.775. The first-order valence-corrected chi connectivity index (χ1v) is 7.18. The van der Waals surface area contributed by atoms with Crippen LogP contribution in [0.15, 0.2) is 18.2 Å². The van der Waals surface area contributed by atoms with Crippen molar-refractivity contribution in [2.24, 2.45) is 0 Å². The number of hydrogen-bond acceptors (Lipinski definition) is 2. The number of nitrogens with zero attached hydrogens (tertiary/aromatic N) is 1. The van der Waals surface area contributed by atoms with Gasteiger partial charge in [-0.15, -0.1) is 0 Å². The smallest absolute Gasteiger partial charge is 0.0801 e. The average molecular weight is 298 g/mol. The van der Waals surface area contributed by atoms with E-state index in [-0.39, 0.29) is 5.60 Å². The highest BCUT2D eigenvalue weighted by Gasteiger charge is 2.27. The maximum atomic E-state index is 5.74. The van der Waals surface area contributed by atoms with Crippen molar-refractivity contribution in [3.05, 3.63) is 29.3 Å². The Kier molecular flexibility index (Phi) is 3.79. The first kappa shape index (κ1) is 12.9. The second-order valence-corrected chi connectivity index (χ2v) is 5.83. The van der Waals surface area contributed by atoms with Gasteiger partial charge in [0.1, 0.15) is 0 Å². The van der Waals surface area contributed by atoms with Crippen LogP contribution in [0.4, 0.5) is 5.69 Å². The van der Waals surface area contributed by atoms with E-state index < -0.39 is 0 Å². The summed E-state index contributed by atoms with van der Waals surface area (Å²) >= 11 is 3.51. The lowest BCUT2D eigenvalue weighted by atomic mass is 10.0. The van der Waals surface area contributed by atoms with E-state index in [1.54, 1.807) is 0 Å². The van der Waals surface area contributed by atoms with Crippen LogP contribution in [0, 0.1) is 6.92 Å². The Labute approximate surface area is 112 Å². The third-order valence-corrected chi connectivity index (χ3v) is 3.87. The summed E-state index contributed by atoms with van der Waals surface area (Å²) in [6.07, 6.45) is 0. The SMILES string of the molecule is Cc1cc(N2CCOC(C)(C)C2)ccc1CBr. The second-order valence-electron chi connectivity index (χ2n) is 5.27. The van der Waals surface area contributed by atoms with Crippen molar-refractivity contribution in [2.45, 2.75) is 31.7 Å². The molecule has 0 bridgehead atoms. The molecule has 0 N–H and O–H groups in total. The predicted octanol–water partition coefficient (Wildman–Crippen LogP) is 3.51. The molecule has 1 aliphatic heterocycles. The number of aryl methyl sites for hydroxylation is 1. The number of benzene rings is 1. The molecule has 17 heavy (non-hydrogen) atoms. The van der Waals surface area contributed by atoms with Crippen molar-refractivity contribution in [3.63, 3.8) is 0 Å². The molecule has 94 valence electrons. The third-order valence-electron chi connectivity index (χ3n) is 3.26. The van der Waals surface area contributed by atoms with Gasteiger partial charge in [0, 0.05) is 24.1 Å². The second kappa shape index (κ2) is 4.99. The van der Waals surface area contributed by atoms with Crippen molar-refractivity contribution < 1.29 is 4.74 Å². The minimum atomic E-state index is -0.0414. The van der Waals surface area contributed by atoms with Crippen molar-refractivity contribution >= 4 is 21.6 Å². The van der Waals surface area contributed by atoms with Crippen LogP contribution in [0.5, 0.6) is 0 Å². The minimum Gasteiger partial charge on any atom is -0.372 e. The normalized spacial score (nSPS) is 19.4. The van der Waals surface area contributed by atoms with Gasteiger partial charge in [-0.25, -0.2) is 0 Å². The number of rotatable bonds is 2. The fourth-order valence-corrected chi connectivity index (χ4v) is 2.89. The molecule has 2 nitrogen and oxygen atoms in total. The summed E-state index contributed by atoms with van der Waals surface area (Å²) in [5, 5.41) is 0.924. The van der Waals surface area contributed by atoms with Gasteiger partial charge in [0.05, 0.1) is 12.2 Å². The topological polar surface area (TPSA) is 12.5 Å². The summed E-state index contributed by atoms with van der Waals surface area (Å²) in [7, 11) is 0. The van der Waals surface area contributed by atoms with Crippen LogP contribution in [0.3, 0.4) is 0 Å². The van der Waals surface area contributed by atoms with Crippen LogP contribution < -0.4 is 4.90 Å². The van der Waals surface area contributed by atoms with Crippen molar-refractivity contribution in [3.8, 4) is 0 Å². The van der Waals surface area contributed by atoms with E-state index in [1.165, 1.54) is 16.8 Å². The number of anilines is 1. The van der Waals surface area contributed by atoms with Gasteiger partial charge >= 0.3 is 0 Å². The monoisotopic (exact) mass is 297 g/mol. The zero-order valence-corrected chi connectivity index (χ0v) is 12.4. The van der Waals surface area contributed by atoms with Crippen LogP contribution >= 0.6 is 15.9 Å². The first-order valence-electron chi connectivity index (χ1n) is 6.06. The van der Waals surface area contributed by atoms with Crippen LogP contribution in [0.2, 0.25) is 0 Å². The summed E-state index contributed by atoms with van der Waals surface area (Å²) in [6, 6.07) is 6.70. The Hall–Kier alpha value is -0.540. The van der Waals surface area contributed by atoms with E-state index in [4.69, 9.17) is 4.74 Å². The largest absolute Gasteiger partial charge is 0.372 e. The third kappa shape index (κ3) is 3.02. The molecule has 0 spiro atoms. The van der Waals surface area contributed by atoms with Crippen LogP contribution in [-0.4, -0.2) is 25.3 Å². The van der Waals surface area contributed by atoms with Crippen LogP contribution in [0.1, 0.15) is 25.0 Å². The number of halogens is 1. The van der Waals surface area contributed by atoms with E-state index >= 15 is 0 Å². The van der Waals surface area contributed by atoms with Gasteiger partial charge in [0.25, 0.3) is 0 Å². The Morgan fingerprint density at radius 1 is 1.41 bits per heavy atom. The van der Waals surface area contributed by atoms with Crippen molar-refractivity contribution in [1.29, 1.82) is 0 Å². The van der Waals surface area contributed by atoms with Crippen LogP contribution in [-0.2, 0) is 10.1 Å². The van der Waals surface area contributed by atoms with Gasteiger partial charge in [0.2, 0.25) is 0 Å². The van der Waals surface area contributed by atoms with Gasteiger partial charge in [-0.3, -0.25) is 0 Å². The highest BCUT2D eigenvalue weighted by molar-refractivity contribution is 9.08. The molecule has 3 heteroatoms. The summed E-state index contributed by atoms with van der Waals surface area (Å²) in [5.74, 6) is 0. The molecule has 1 aliphatic rings. The molecule has 0 saturated carbocycles. The molecule has 0 unspecified atom stereocenters. The maximum Gasteiger partial charge on any atom is 0.0801 e. The standard InChI is InChI=1S/C14H20BrNO/c1-11-8-13(5-4-12(11)9-15)16-6-7-17-14(2,3)10-16/h4-5,8H,6-7,9-10H2,1-3H3. The number of ether oxygens (including phenoxy) is 1. The van der Waals surface area contributed by atoms with E-state index in [0.717, 1.165) is 25.0 Å². The summed E-state index contributed by atoms with van der Waals surface area (Å²) < 4.78 is 5.74. The predicted molar refractivity (Wildman–Crippen MR) is 76.1 cm³/mol. The number of morpholine rings is 1. The van der Waals surface area contributed by atoms with E-state index in [9.17, 15) is 0 Å². The summed E-state index contributed by atoms with van der Waals surface area (Å²) in [6.45, 7) is 9.23. The highest BCUT2D eigenvalue weighted by Crippen LogP contribution is 2.25. The van der Waals surface area contributed by atoms with E-state index in [2.05, 4.69) is 59.8 Å². The summed E-state index contributed by atoms with van der Waals surface area (Å²) in [4.78, 5) is 2.41. The van der Waals surface area contributed by atoms with Gasteiger partial charge in [0.15, 0.2) is 0 Å². The lowest BCUT2D eigenvalue weighted by molar-refractivity contribution is -0.0276. The van der Waals surface area contributed by atoms with E-state index in [0.29, 0.717) is 0 Å². The Morgan fingerprint density at radius 2 is 2.18 bits per heavy atom. The molecule has 0 aromatic heterocycles. The summed E-state index contributed by atoms with van der Waals surface area (Å²) in [5.41, 5.74) is 3.98. The maximum absolute atomic E-state index is 5.74. The number of hydrogen-bond donors (Lipinski definition) is 0. The average Bonchev–Trinajstić information content (AvgIpc) is 2.27. The van der Waals surface area contributed by atoms with Crippen molar-refractivity contribution in [2.75, 3.05) is 24.6 Å². The molecule has 0 atom stereocenters. The molecule has 0 amide bonds. The molecule has 1 saturated heterocycles. The molecule has 1 aromatic carbocycles. The molecule has 0 aliphatic carbocycles. The van der Waals surface area contributed by atoms with E-state index in [1.807, 2.05) is 0 Å². The molecule has 2 rings (SSSR count). The van der Waals surface area contributed by atoms with Gasteiger partial charge < -0.3 is 9.64 Å². The first-order chi connectivity index (χ1) is 8.02. The molecule has 1 fully saturated rings. The molecular formula is C14H20BrNO.